The summed E-state index contributed by atoms with van der Waals surface area (Å²) in [5.74, 6) is 2.46. The van der Waals surface area contributed by atoms with E-state index in [1.807, 2.05) is 39.8 Å². The molecule has 0 spiro atoms. The summed E-state index contributed by atoms with van der Waals surface area (Å²) in [7, 11) is 1.62. The van der Waals surface area contributed by atoms with E-state index in [-0.39, 0.29) is 6.54 Å². The first kappa shape index (κ1) is 16.1. The second kappa shape index (κ2) is 6.21. The minimum atomic E-state index is -0.537. The van der Waals surface area contributed by atoms with Gasteiger partial charge in [0.05, 0.1) is 13.0 Å². The number of hydrogen-bond donors (Lipinski definition) is 0. The lowest BCUT2D eigenvalue weighted by molar-refractivity contribution is 0.0280. The van der Waals surface area contributed by atoms with E-state index >= 15 is 0 Å². The first-order chi connectivity index (χ1) is 10.2. The monoisotopic (exact) mass is 307 g/mol. The highest BCUT2D eigenvalue weighted by atomic mass is 16.6. The number of carbonyl (C=O) groups is 1. The van der Waals surface area contributed by atoms with E-state index in [1.54, 1.807) is 7.05 Å². The average Bonchev–Trinajstić information content (AvgIpc) is 2.97. The van der Waals surface area contributed by atoms with Crippen LogP contribution >= 0.6 is 0 Å². The van der Waals surface area contributed by atoms with E-state index in [2.05, 4.69) is 10.1 Å². The maximum atomic E-state index is 11.9. The van der Waals surface area contributed by atoms with Crippen molar-refractivity contribution >= 4 is 6.09 Å². The van der Waals surface area contributed by atoms with Crippen LogP contribution in [0.2, 0.25) is 0 Å². The van der Waals surface area contributed by atoms with Gasteiger partial charge in [-0.25, -0.2) is 4.79 Å². The smallest absolute Gasteiger partial charge is 0.410 e. The molecule has 22 heavy (non-hydrogen) atoms. The highest BCUT2D eigenvalue weighted by molar-refractivity contribution is 5.67. The number of rotatable bonds is 4. The van der Waals surface area contributed by atoms with E-state index in [9.17, 15) is 4.79 Å². The van der Waals surface area contributed by atoms with Gasteiger partial charge in [0.1, 0.15) is 17.1 Å². The molecular formula is C15H21N3O4. The maximum absolute atomic E-state index is 11.9. The van der Waals surface area contributed by atoms with Crippen LogP contribution in [-0.4, -0.2) is 33.8 Å². The first-order valence-electron chi connectivity index (χ1n) is 7.04. The molecule has 0 saturated carbocycles. The third-order valence-corrected chi connectivity index (χ3v) is 2.72. The van der Waals surface area contributed by atoms with Crippen molar-refractivity contribution in [2.24, 2.45) is 0 Å². The second-order valence-electron chi connectivity index (χ2n) is 6.13. The molecule has 2 rings (SSSR count). The van der Waals surface area contributed by atoms with Crippen molar-refractivity contribution in [1.82, 2.24) is 15.0 Å². The third kappa shape index (κ3) is 4.61. The topological polar surface area (TPSA) is 81.6 Å². The van der Waals surface area contributed by atoms with Gasteiger partial charge in [0, 0.05) is 7.05 Å². The van der Waals surface area contributed by atoms with Gasteiger partial charge in [-0.15, -0.1) is 0 Å². The van der Waals surface area contributed by atoms with Crippen molar-refractivity contribution in [1.29, 1.82) is 0 Å². The number of nitrogens with zero attached hydrogens (tertiary/aromatic N) is 3. The third-order valence-electron chi connectivity index (χ3n) is 2.72. The van der Waals surface area contributed by atoms with Gasteiger partial charge in [0.15, 0.2) is 5.82 Å². The van der Waals surface area contributed by atoms with Crippen LogP contribution in [0.3, 0.4) is 0 Å². The van der Waals surface area contributed by atoms with E-state index < -0.39 is 11.7 Å². The van der Waals surface area contributed by atoms with Crippen LogP contribution in [0.1, 0.15) is 44.0 Å². The molecule has 0 bridgehead atoms. The molecule has 2 aromatic heterocycles. The second-order valence-corrected chi connectivity index (χ2v) is 6.13. The zero-order valence-corrected chi connectivity index (χ0v) is 13.5. The predicted molar refractivity (Wildman–Crippen MR) is 78.3 cm³/mol. The molecule has 0 atom stereocenters. The average molecular weight is 307 g/mol. The Labute approximate surface area is 129 Å². The van der Waals surface area contributed by atoms with Crippen molar-refractivity contribution < 1.29 is 18.5 Å². The molecule has 2 heterocycles. The molecule has 0 fully saturated rings. The van der Waals surface area contributed by atoms with Crippen molar-refractivity contribution in [3.05, 3.63) is 35.4 Å². The molecule has 0 aliphatic heterocycles. The lowest BCUT2D eigenvalue weighted by Crippen LogP contribution is -2.34. The molecule has 0 unspecified atom stereocenters. The van der Waals surface area contributed by atoms with Gasteiger partial charge in [0.2, 0.25) is 5.89 Å². The van der Waals surface area contributed by atoms with Gasteiger partial charge >= 0.3 is 6.09 Å². The molecular weight excluding hydrogens is 286 g/mol. The largest absolute Gasteiger partial charge is 0.466 e. The first-order valence-corrected chi connectivity index (χ1v) is 7.04. The Morgan fingerprint density at radius 2 is 2.09 bits per heavy atom. The molecule has 0 N–H and O–H groups in total. The van der Waals surface area contributed by atoms with Crippen LogP contribution in [0.15, 0.2) is 21.1 Å². The summed E-state index contributed by atoms with van der Waals surface area (Å²) in [6.45, 7) is 7.54. The molecule has 0 aromatic carbocycles. The minimum Gasteiger partial charge on any atom is -0.466 e. The summed E-state index contributed by atoms with van der Waals surface area (Å²) in [6, 6.07) is 3.74. The molecule has 0 radical (unpaired) electrons. The summed E-state index contributed by atoms with van der Waals surface area (Å²) in [5.41, 5.74) is -0.537. The predicted octanol–water partition coefficient (Wildman–Crippen LogP) is 2.93. The Balaban J connectivity index is 1.92. The van der Waals surface area contributed by atoms with Gasteiger partial charge in [-0.2, -0.15) is 4.98 Å². The lowest BCUT2D eigenvalue weighted by atomic mass is 10.2. The highest BCUT2D eigenvalue weighted by Crippen LogP contribution is 2.13. The fourth-order valence-corrected chi connectivity index (χ4v) is 1.77. The van der Waals surface area contributed by atoms with Crippen LogP contribution in [0.4, 0.5) is 4.79 Å². The number of amides is 1. The fourth-order valence-electron chi connectivity index (χ4n) is 1.77. The van der Waals surface area contributed by atoms with E-state index in [0.29, 0.717) is 18.1 Å². The summed E-state index contributed by atoms with van der Waals surface area (Å²) in [4.78, 5) is 17.5. The lowest BCUT2D eigenvalue weighted by Gasteiger charge is -2.23. The Morgan fingerprint density at radius 3 is 2.68 bits per heavy atom. The number of aryl methyl sites for hydroxylation is 1. The van der Waals surface area contributed by atoms with Crippen molar-refractivity contribution in [3.8, 4) is 0 Å². The van der Waals surface area contributed by atoms with Crippen LogP contribution in [0, 0.1) is 6.92 Å². The van der Waals surface area contributed by atoms with Gasteiger partial charge < -0.3 is 18.6 Å². The van der Waals surface area contributed by atoms with Gasteiger partial charge in [-0.1, -0.05) is 5.16 Å². The Morgan fingerprint density at radius 1 is 1.36 bits per heavy atom. The normalized spacial score (nSPS) is 11.5. The summed E-state index contributed by atoms with van der Waals surface area (Å²) in [5, 5.41) is 3.86. The standard InChI is InChI=1S/C15H21N3O4/c1-10-6-7-11(20-10)8-13-16-12(17-22-13)9-18(5)14(19)21-15(2,3)4/h6-7H,8-9H2,1-5H3. The van der Waals surface area contributed by atoms with Crippen LogP contribution in [-0.2, 0) is 17.7 Å². The number of hydrogen-bond acceptors (Lipinski definition) is 6. The van der Waals surface area contributed by atoms with Crippen LogP contribution in [0.5, 0.6) is 0 Å². The van der Waals surface area contributed by atoms with Crippen molar-refractivity contribution in [3.63, 3.8) is 0 Å². The summed E-state index contributed by atoms with van der Waals surface area (Å²) in [6.07, 6.45) is -0.00251. The number of aromatic nitrogens is 2. The molecule has 7 heteroatoms. The van der Waals surface area contributed by atoms with E-state index in [1.165, 1.54) is 4.90 Å². The van der Waals surface area contributed by atoms with Gasteiger partial charge in [0.25, 0.3) is 0 Å². The maximum Gasteiger partial charge on any atom is 0.410 e. The van der Waals surface area contributed by atoms with Gasteiger partial charge in [-0.3, -0.25) is 0 Å². The molecule has 0 aliphatic carbocycles. The number of carbonyl (C=O) groups excluding carboxylic acids is 1. The zero-order chi connectivity index (χ0) is 16.3. The summed E-state index contributed by atoms with van der Waals surface area (Å²) >= 11 is 0. The Kier molecular flexibility index (Phi) is 4.54. The molecule has 0 aliphatic rings. The summed E-state index contributed by atoms with van der Waals surface area (Å²) < 4.78 is 15.9. The zero-order valence-electron chi connectivity index (χ0n) is 13.5. The van der Waals surface area contributed by atoms with Crippen LogP contribution in [0.25, 0.3) is 0 Å². The SMILES string of the molecule is Cc1ccc(Cc2nc(CN(C)C(=O)OC(C)(C)C)no2)o1. The Hall–Kier alpha value is -2.31. The molecule has 7 nitrogen and oxygen atoms in total. The number of ether oxygens (including phenoxy) is 1. The van der Waals surface area contributed by atoms with Gasteiger partial charge in [-0.05, 0) is 39.8 Å². The quantitative estimate of drug-likeness (QED) is 0.863. The van der Waals surface area contributed by atoms with E-state index in [0.717, 1.165) is 11.5 Å². The fraction of sp³-hybridized carbons (Fsp3) is 0.533. The highest BCUT2D eigenvalue weighted by Gasteiger charge is 2.21. The molecule has 120 valence electrons. The van der Waals surface area contributed by atoms with Crippen molar-refractivity contribution in [2.45, 2.75) is 46.3 Å². The minimum absolute atomic E-state index is 0.218. The molecule has 1 amide bonds. The molecule has 0 saturated heterocycles. The van der Waals surface area contributed by atoms with Crippen LogP contribution < -0.4 is 0 Å². The van der Waals surface area contributed by atoms with E-state index in [4.69, 9.17) is 13.7 Å². The molecule has 2 aromatic rings. The number of furan rings is 1. The van der Waals surface area contributed by atoms with Crippen molar-refractivity contribution in [2.75, 3.05) is 7.05 Å². The Bertz CT molecular complexity index is 639.